The Kier molecular flexibility index (Phi) is 6.48. The topological polar surface area (TPSA) is 49.8 Å². The molecule has 0 aromatic heterocycles. The number of ether oxygens (including phenoxy) is 1. The molecule has 136 valence electrons. The van der Waals surface area contributed by atoms with Gasteiger partial charge < -0.3 is 14.7 Å². The first-order chi connectivity index (χ1) is 12.5. The Morgan fingerprint density at radius 2 is 1.92 bits per heavy atom. The first kappa shape index (κ1) is 19.1. The zero-order chi connectivity index (χ0) is 18.5. The van der Waals surface area contributed by atoms with Gasteiger partial charge in [-0.15, -0.1) is 0 Å². The van der Waals surface area contributed by atoms with Gasteiger partial charge in [-0.1, -0.05) is 47.1 Å². The second-order valence-electron chi connectivity index (χ2n) is 5.65. The highest BCUT2D eigenvalue weighted by molar-refractivity contribution is 7.99. The zero-order valence-corrected chi connectivity index (χ0v) is 16.2. The van der Waals surface area contributed by atoms with Crippen LogP contribution in [-0.4, -0.2) is 42.2 Å². The van der Waals surface area contributed by atoms with Crippen LogP contribution < -0.4 is 0 Å². The molecule has 1 amide bonds. The van der Waals surface area contributed by atoms with E-state index in [0.717, 1.165) is 9.79 Å². The number of aromatic hydroxyl groups is 1. The van der Waals surface area contributed by atoms with E-state index in [0.29, 0.717) is 41.9 Å². The molecule has 0 aliphatic carbocycles. The standard InChI is InChI=1S/C19H17Cl2NO3S/c20-18-13(5-7-17(24)22-8-10-25-11-9-22)4-6-16(19(18)21)26-15-3-1-2-14(23)12-15/h1-7,12,23H,8-11H2/b7-5+. The summed E-state index contributed by atoms with van der Waals surface area (Å²) in [5, 5.41) is 10.4. The fourth-order valence-electron chi connectivity index (χ4n) is 2.48. The number of hydrogen-bond donors (Lipinski definition) is 1. The lowest BCUT2D eigenvalue weighted by molar-refractivity contribution is -0.129. The van der Waals surface area contributed by atoms with Gasteiger partial charge in [0.15, 0.2) is 0 Å². The van der Waals surface area contributed by atoms with Crippen LogP contribution in [0.3, 0.4) is 0 Å². The van der Waals surface area contributed by atoms with Gasteiger partial charge in [-0.05, 0) is 35.9 Å². The van der Waals surface area contributed by atoms with Crippen LogP contribution in [0.25, 0.3) is 6.08 Å². The number of hydrogen-bond acceptors (Lipinski definition) is 4. The number of benzene rings is 2. The maximum atomic E-state index is 12.2. The molecule has 0 atom stereocenters. The minimum absolute atomic E-state index is 0.0706. The van der Waals surface area contributed by atoms with Crippen molar-refractivity contribution in [1.29, 1.82) is 0 Å². The van der Waals surface area contributed by atoms with Crippen molar-refractivity contribution in [3.8, 4) is 5.75 Å². The normalized spacial score (nSPS) is 14.8. The second-order valence-corrected chi connectivity index (χ2v) is 7.52. The number of phenolic OH excluding ortho intramolecular Hbond substituents is 1. The zero-order valence-electron chi connectivity index (χ0n) is 13.8. The highest BCUT2D eigenvalue weighted by Gasteiger charge is 2.15. The van der Waals surface area contributed by atoms with Crippen LogP contribution in [0.4, 0.5) is 0 Å². The molecule has 1 aliphatic heterocycles. The minimum Gasteiger partial charge on any atom is -0.508 e. The molecule has 4 nitrogen and oxygen atoms in total. The Balaban J connectivity index is 1.74. The molecule has 1 aliphatic rings. The van der Waals surface area contributed by atoms with Gasteiger partial charge in [-0.25, -0.2) is 0 Å². The fourth-order valence-corrected chi connectivity index (χ4v) is 3.96. The van der Waals surface area contributed by atoms with Crippen LogP contribution in [0, 0.1) is 0 Å². The average molecular weight is 410 g/mol. The summed E-state index contributed by atoms with van der Waals surface area (Å²) in [7, 11) is 0. The molecule has 0 spiro atoms. The van der Waals surface area contributed by atoms with E-state index < -0.39 is 0 Å². The fraction of sp³-hybridized carbons (Fsp3) is 0.211. The summed E-state index contributed by atoms with van der Waals surface area (Å²) in [4.78, 5) is 15.6. The average Bonchev–Trinajstić information content (AvgIpc) is 2.65. The number of carbonyl (C=O) groups excluding carboxylic acids is 1. The van der Waals surface area contributed by atoms with Gasteiger partial charge in [0.05, 0.1) is 23.3 Å². The summed E-state index contributed by atoms with van der Waals surface area (Å²) in [6.45, 7) is 2.31. The number of phenols is 1. The lowest BCUT2D eigenvalue weighted by atomic mass is 10.2. The molecule has 0 unspecified atom stereocenters. The van der Waals surface area contributed by atoms with Gasteiger partial charge in [0.25, 0.3) is 0 Å². The van der Waals surface area contributed by atoms with Crippen LogP contribution in [0.2, 0.25) is 10.0 Å². The van der Waals surface area contributed by atoms with Crippen molar-refractivity contribution in [2.24, 2.45) is 0 Å². The number of rotatable bonds is 4. The SMILES string of the molecule is O=C(/C=C/c1ccc(Sc2cccc(O)c2)c(Cl)c1Cl)N1CCOCC1. The van der Waals surface area contributed by atoms with Gasteiger partial charge in [0.1, 0.15) is 5.75 Å². The van der Waals surface area contributed by atoms with Crippen LogP contribution in [0.15, 0.2) is 52.3 Å². The molecule has 2 aromatic carbocycles. The predicted octanol–water partition coefficient (Wildman–Crippen LogP) is 4.72. The Morgan fingerprint density at radius 1 is 1.15 bits per heavy atom. The Morgan fingerprint density at radius 3 is 2.65 bits per heavy atom. The van der Waals surface area contributed by atoms with Crippen molar-refractivity contribution < 1.29 is 14.6 Å². The third kappa shape index (κ3) is 4.74. The molecule has 1 heterocycles. The quantitative estimate of drug-likeness (QED) is 0.741. The Bertz CT molecular complexity index is 836. The summed E-state index contributed by atoms with van der Waals surface area (Å²) >= 11 is 14.2. The smallest absolute Gasteiger partial charge is 0.246 e. The van der Waals surface area contributed by atoms with E-state index in [-0.39, 0.29) is 11.7 Å². The number of carbonyl (C=O) groups is 1. The van der Waals surface area contributed by atoms with Crippen molar-refractivity contribution in [1.82, 2.24) is 4.90 Å². The van der Waals surface area contributed by atoms with E-state index in [2.05, 4.69) is 0 Å². The highest BCUT2D eigenvalue weighted by Crippen LogP contribution is 2.39. The molecule has 1 N–H and O–H groups in total. The van der Waals surface area contributed by atoms with E-state index >= 15 is 0 Å². The predicted molar refractivity (Wildman–Crippen MR) is 105 cm³/mol. The van der Waals surface area contributed by atoms with Crippen molar-refractivity contribution in [3.05, 3.63) is 58.1 Å². The van der Waals surface area contributed by atoms with Crippen molar-refractivity contribution in [2.75, 3.05) is 26.3 Å². The lowest BCUT2D eigenvalue weighted by Gasteiger charge is -2.25. The van der Waals surface area contributed by atoms with E-state index in [4.69, 9.17) is 27.9 Å². The molecule has 0 saturated carbocycles. The van der Waals surface area contributed by atoms with Crippen LogP contribution in [0.5, 0.6) is 5.75 Å². The first-order valence-electron chi connectivity index (χ1n) is 8.04. The van der Waals surface area contributed by atoms with E-state index in [1.165, 1.54) is 17.8 Å². The molecule has 1 fully saturated rings. The molecule has 7 heteroatoms. The van der Waals surface area contributed by atoms with E-state index in [1.54, 1.807) is 29.2 Å². The summed E-state index contributed by atoms with van der Waals surface area (Å²) in [5.74, 6) is 0.122. The molecule has 3 rings (SSSR count). The molecule has 0 radical (unpaired) electrons. The van der Waals surface area contributed by atoms with Crippen LogP contribution in [-0.2, 0) is 9.53 Å². The van der Waals surface area contributed by atoms with Crippen LogP contribution in [0.1, 0.15) is 5.56 Å². The monoisotopic (exact) mass is 409 g/mol. The lowest BCUT2D eigenvalue weighted by Crippen LogP contribution is -2.39. The highest BCUT2D eigenvalue weighted by atomic mass is 35.5. The Labute approximate surface area is 166 Å². The maximum absolute atomic E-state index is 12.2. The van der Waals surface area contributed by atoms with Gasteiger partial charge in [-0.3, -0.25) is 4.79 Å². The minimum atomic E-state index is -0.0706. The molecule has 1 saturated heterocycles. The van der Waals surface area contributed by atoms with Gasteiger partial charge in [0.2, 0.25) is 5.91 Å². The third-order valence-corrected chi connectivity index (χ3v) is 5.91. The van der Waals surface area contributed by atoms with E-state index in [9.17, 15) is 9.90 Å². The summed E-state index contributed by atoms with van der Waals surface area (Å²) in [5.41, 5.74) is 0.679. The number of amides is 1. The second kappa shape index (κ2) is 8.82. The number of halogens is 2. The molecule has 0 bridgehead atoms. The maximum Gasteiger partial charge on any atom is 0.246 e. The molecule has 26 heavy (non-hydrogen) atoms. The summed E-state index contributed by atoms with van der Waals surface area (Å²) < 4.78 is 5.24. The van der Waals surface area contributed by atoms with Gasteiger partial charge >= 0.3 is 0 Å². The summed E-state index contributed by atoms with van der Waals surface area (Å²) in [6, 6.07) is 10.6. The number of morpholine rings is 1. The van der Waals surface area contributed by atoms with Gasteiger partial charge in [-0.2, -0.15) is 0 Å². The number of nitrogens with zero attached hydrogens (tertiary/aromatic N) is 1. The van der Waals surface area contributed by atoms with Crippen molar-refractivity contribution >= 4 is 46.9 Å². The molecule has 2 aromatic rings. The Hall–Kier alpha value is -1.66. The largest absolute Gasteiger partial charge is 0.508 e. The third-order valence-electron chi connectivity index (χ3n) is 3.85. The van der Waals surface area contributed by atoms with E-state index in [1.807, 2.05) is 18.2 Å². The summed E-state index contributed by atoms with van der Waals surface area (Å²) in [6.07, 6.45) is 3.18. The molecular formula is C19H17Cl2NO3S. The molecular weight excluding hydrogens is 393 g/mol. The van der Waals surface area contributed by atoms with Crippen molar-refractivity contribution in [3.63, 3.8) is 0 Å². The first-order valence-corrected chi connectivity index (χ1v) is 9.61. The van der Waals surface area contributed by atoms with Crippen molar-refractivity contribution in [2.45, 2.75) is 9.79 Å². The van der Waals surface area contributed by atoms with Gasteiger partial charge in [0, 0.05) is 29.0 Å². The van der Waals surface area contributed by atoms with Crippen LogP contribution >= 0.6 is 35.0 Å².